The first-order valence-corrected chi connectivity index (χ1v) is 8.56. The lowest BCUT2D eigenvalue weighted by Crippen LogP contribution is -2.06. The van der Waals surface area contributed by atoms with E-state index in [0.29, 0.717) is 5.56 Å². The number of para-hydroxylation sites is 1. The Labute approximate surface area is 153 Å². The molecule has 130 valence electrons. The third-order valence-corrected chi connectivity index (χ3v) is 4.68. The molecule has 0 saturated carbocycles. The largest absolute Gasteiger partial charge is 0.333 e. The number of nitrogens with one attached hydrogen (secondary N) is 2. The second kappa shape index (κ2) is 7.31. The molecule has 0 fully saturated rings. The van der Waals surface area contributed by atoms with Crippen LogP contribution < -0.4 is 0 Å². The summed E-state index contributed by atoms with van der Waals surface area (Å²) >= 11 is 0. The fourth-order valence-electron chi connectivity index (χ4n) is 3.37. The standard InChI is InChI=1S/C22H22N4/c1-4-6-9-16(5-2)15(3)26-20-11-8-7-10-18(20)19-14-17(22(23)25-24)12-13-21(19)26/h4-15,23-24H,2H2,1,3H3/b6-4-,16-9+,23-22?,25-24?. The SMILES string of the molecule is C=C/C(=C\C=C/C)C(C)n1c2ccccc2c2cc(C(=N)N=N)ccc21. The van der Waals surface area contributed by atoms with E-state index < -0.39 is 0 Å². The number of rotatable bonds is 5. The van der Waals surface area contributed by atoms with Gasteiger partial charge in [-0.05, 0) is 43.7 Å². The molecule has 0 amide bonds. The first-order valence-electron chi connectivity index (χ1n) is 8.56. The highest BCUT2D eigenvalue weighted by Gasteiger charge is 2.17. The van der Waals surface area contributed by atoms with E-state index in [1.54, 1.807) is 0 Å². The lowest BCUT2D eigenvalue weighted by Gasteiger charge is -2.18. The van der Waals surface area contributed by atoms with Crippen LogP contribution in [0.1, 0.15) is 25.5 Å². The van der Waals surface area contributed by atoms with Crippen molar-refractivity contribution in [3.05, 3.63) is 84.5 Å². The molecule has 3 rings (SSSR count). The highest BCUT2D eigenvalue weighted by molar-refractivity contribution is 6.11. The number of amidine groups is 1. The Bertz CT molecular complexity index is 1070. The smallest absolute Gasteiger partial charge is 0.173 e. The van der Waals surface area contributed by atoms with Crippen molar-refractivity contribution in [1.82, 2.24) is 4.57 Å². The van der Waals surface area contributed by atoms with E-state index in [1.807, 2.05) is 55.5 Å². The maximum atomic E-state index is 7.84. The number of hydrogen-bond acceptors (Lipinski definition) is 2. The van der Waals surface area contributed by atoms with Crippen molar-refractivity contribution in [2.24, 2.45) is 5.11 Å². The fraction of sp³-hybridized carbons (Fsp3) is 0.136. The Kier molecular flexibility index (Phi) is 4.94. The minimum absolute atomic E-state index is 0.0310. The number of nitrogens with zero attached hydrogens (tertiary/aromatic N) is 2. The van der Waals surface area contributed by atoms with E-state index >= 15 is 0 Å². The highest BCUT2D eigenvalue weighted by Crippen LogP contribution is 2.35. The second-order valence-corrected chi connectivity index (χ2v) is 6.15. The van der Waals surface area contributed by atoms with E-state index in [9.17, 15) is 0 Å². The summed E-state index contributed by atoms with van der Waals surface area (Å²) < 4.78 is 2.30. The second-order valence-electron chi connectivity index (χ2n) is 6.15. The van der Waals surface area contributed by atoms with E-state index in [0.717, 1.165) is 27.4 Å². The molecular formula is C22H22N4. The van der Waals surface area contributed by atoms with Crippen LogP contribution in [0.2, 0.25) is 0 Å². The van der Waals surface area contributed by atoms with Crippen molar-refractivity contribution >= 4 is 27.6 Å². The summed E-state index contributed by atoms with van der Waals surface area (Å²) in [6.07, 6.45) is 8.01. The molecule has 1 aromatic heterocycles. The molecule has 0 aliphatic rings. The summed E-state index contributed by atoms with van der Waals surface area (Å²) in [5.74, 6) is -0.0310. The van der Waals surface area contributed by atoms with Crippen LogP contribution >= 0.6 is 0 Å². The first-order chi connectivity index (χ1) is 12.6. The molecule has 4 nitrogen and oxygen atoms in total. The minimum atomic E-state index is -0.0310. The van der Waals surface area contributed by atoms with Gasteiger partial charge in [0, 0.05) is 27.4 Å². The number of hydrogen-bond donors (Lipinski definition) is 2. The van der Waals surface area contributed by atoms with Crippen molar-refractivity contribution in [3.8, 4) is 0 Å². The Hall–Kier alpha value is -3.27. The van der Waals surface area contributed by atoms with Gasteiger partial charge in [-0.3, -0.25) is 5.41 Å². The van der Waals surface area contributed by atoms with Crippen molar-refractivity contribution in [2.75, 3.05) is 0 Å². The van der Waals surface area contributed by atoms with E-state index in [1.165, 1.54) is 0 Å². The lowest BCUT2D eigenvalue weighted by molar-refractivity contribution is 0.684. The molecule has 2 aromatic carbocycles. The molecule has 3 aromatic rings. The van der Waals surface area contributed by atoms with Gasteiger partial charge in [0.05, 0.1) is 6.04 Å². The van der Waals surface area contributed by atoms with Crippen LogP contribution in [0.4, 0.5) is 0 Å². The summed E-state index contributed by atoms with van der Waals surface area (Å²) in [5, 5.41) is 13.3. The summed E-state index contributed by atoms with van der Waals surface area (Å²) in [7, 11) is 0. The molecular weight excluding hydrogens is 320 g/mol. The van der Waals surface area contributed by atoms with Crippen LogP contribution in [-0.2, 0) is 0 Å². The lowest BCUT2D eigenvalue weighted by atomic mass is 10.1. The maximum Gasteiger partial charge on any atom is 0.173 e. The predicted molar refractivity (Wildman–Crippen MR) is 109 cm³/mol. The maximum absolute atomic E-state index is 7.84. The van der Waals surface area contributed by atoms with Gasteiger partial charge in [0.2, 0.25) is 0 Å². The average Bonchev–Trinajstić information content (AvgIpc) is 3.01. The molecule has 0 saturated heterocycles. The summed E-state index contributed by atoms with van der Waals surface area (Å²) in [5.41, 5.74) is 11.1. The third kappa shape index (κ3) is 2.90. The molecule has 0 bridgehead atoms. The molecule has 1 heterocycles. The van der Waals surface area contributed by atoms with Crippen molar-refractivity contribution in [3.63, 3.8) is 0 Å². The Balaban J connectivity index is 2.32. The summed E-state index contributed by atoms with van der Waals surface area (Å²) in [4.78, 5) is 0. The average molecular weight is 342 g/mol. The number of allylic oxidation sites excluding steroid dienone is 5. The van der Waals surface area contributed by atoms with Gasteiger partial charge >= 0.3 is 0 Å². The van der Waals surface area contributed by atoms with Gasteiger partial charge in [0.1, 0.15) is 0 Å². The molecule has 26 heavy (non-hydrogen) atoms. The van der Waals surface area contributed by atoms with Gasteiger partial charge in [-0.15, -0.1) is 5.11 Å². The molecule has 1 atom stereocenters. The monoisotopic (exact) mass is 342 g/mol. The summed E-state index contributed by atoms with van der Waals surface area (Å²) in [6.45, 7) is 8.14. The first kappa shape index (κ1) is 17.5. The molecule has 0 spiro atoms. The van der Waals surface area contributed by atoms with Gasteiger partial charge in [0.25, 0.3) is 0 Å². The zero-order valence-corrected chi connectivity index (χ0v) is 15.0. The molecule has 2 N–H and O–H groups in total. The number of aromatic nitrogens is 1. The van der Waals surface area contributed by atoms with Crippen LogP contribution in [0.5, 0.6) is 0 Å². The van der Waals surface area contributed by atoms with Gasteiger partial charge in [0.15, 0.2) is 5.84 Å². The van der Waals surface area contributed by atoms with Crippen molar-refractivity contribution < 1.29 is 0 Å². The van der Waals surface area contributed by atoms with Crippen LogP contribution in [0.3, 0.4) is 0 Å². The van der Waals surface area contributed by atoms with Crippen LogP contribution in [0.15, 0.2) is 84.0 Å². The number of benzene rings is 2. The van der Waals surface area contributed by atoms with Crippen molar-refractivity contribution in [2.45, 2.75) is 19.9 Å². The normalized spacial score (nSPS) is 13.4. The Morgan fingerprint density at radius 3 is 2.58 bits per heavy atom. The zero-order chi connectivity index (χ0) is 18.7. The molecule has 0 aliphatic heterocycles. The molecule has 4 heteroatoms. The zero-order valence-electron chi connectivity index (χ0n) is 15.0. The van der Waals surface area contributed by atoms with E-state index in [2.05, 4.69) is 41.4 Å². The van der Waals surface area contributed by atoms with E-state index in [-0.39, 0.29) is 11.9 Å². The predicted octanol–water partition coefficient (Wildman–Crippen LogP) is 6.40. The highest BCUT2D eigenvalue weighted by atomic mass is 15.0. The minimum Gasteiger partial charge on any atom is -0.333 e. The molecule has 1 unspecified atom stereocenters. The van der Waals surface area contributed by atoms with Gasteiger partial charge < -0.3 is 4.57 Å². The van der Waals surface area contributed by atoms with Crippen molar-refractivity contribution in [1.29, 1.82) is 10.9 Å². The fourth-order valence-corrected chi connectivity index (χ4v) is 3.37. The summed E-state index contributed by atoms with van der Waals surface area (Å²) in [6, 6.07) is 14.2. The molecule has 0 aliphatic carbocycles. The van der Waals surface area contributed by atoms with Crippen LogP contribution in [0.25, 0.3) is 21.8 Å². The number of fused-ring (bicyclic) bond motifs is 3. The van der Waals surface area contributed by atoms with Crippen LogP contribution in [0, 0.1) is 10.9 Å². The van der Waals surface area contributed by atoms with Gasteiger partial charge in [-0.1, -0.05) is 49.1 Å². The topological polar surface area (TPSA) is 65.0 Å². The molecule has 0 radical (unpaired) electrons. The third-order valence-electron chi connectivity index (χ3n) is 4.68. The quantitative estimate of drug-likeness (QED) is 0.233. The van der Waals surface area contributed by atoms with Gasteiger partial charge in [-0.2, -0.15) is 0 Å². The van der Waals surface area contributed by atoms with E-state index in [4.69, 9.17) is 10.9 Å². The van der Waals surface area contributed by atoms with Gasteiger partial charge in [-0.25, -0.2) is 5.53 Å². The Morgan fingerprint density at radius 1 is 1.15 bits per heavy atom. The Morgan fingerprint density at radius 2 is 1.88 bits per heavy atom. The van der Waals surface area contributed by atoms with Crippen LogP contribution in [-0.4, -0.2) is 10.4 Å².